The number of amidine groups is 1. The van der Waals surface area contributed by atoms with Gasteiger partial charge in [-0.3, -0.25) is 19.7 Å². The normalized spacial score (nSPS) is 13.4. The second-order valence-corrected chi connectivity index (χ2v) is 9.45. The van der Waals surface area contributed by atoms with E-state index in [0.717, 1.165) is 41.7 Å². The van der Waals surface area contributed by atoms with Gasteiger partial charge in [0.25, 0.3) is 0 Å². The fraction of sp³-hybridized carbons (Fsp3) is 0.414. The highest BCUT2D eigenvalue weighted by Gasteiger charge is 2.31. The van der Waals surface area contributed by atoms with Crippen molar-refractivity contribution in [3.8, 4) is 0 Å². The number of carbonyl (C=O) groups excluding carboxylic acids is 4. The number of benzene rings is 2. The van der Waals surface area contributed by atoms with Gasteiger partial charge in [0, 0.05) is 38.4 Å². The number of carboxylic acids is 1. The summed E-state index contributed by atoms with van der Waals surface area (Å²) in [7, 11) is 0. The van der Waals surface area contributed by atoms with Crippen LogP contribution in [0.2, 0.25) is 0 Å². The van der Waals surface area contributed by atoms with Crippen molar-refractivity contribution in [2.45, 2.75) is 58.5 Å². The van der Waals surface area contributed by atoms with Crippen LogP contribution in [-0.2, 0) is 19.2 Å². The van der Waals surface area contributed by atoms with Crippen LogP contribution in [0.5, 0.6) is 0 Å². The van der Waals surface area contributed by atoms with Crippen molar-refractivity contribution >= 4 is 45.9 Å². The molecule has 1 aliphatic rings. The summed E-state index contributed by atoms with van der Waals surface area (Å²) in [6.45, 7) is 4.11. The van der Waals surface area contributed by atoms with E-state index in [1.165, 1.54) is 12.3 Å². The van der Waals surface area contributed by atoms with Crippen molar-refractivity contribution in [3.63, 3.8) is 0 Å². The number of fused-ring (bicyclic) bond motifs is 1. The number of carboxylic acid groups (broad SMARTS) is 1. The molecular formula is C29H35F3N4O5. The zero-order chi connectivity index (χ0) is 30.4. The zero-order valence-electron chi connectivity index (χ0n) is 23.1. The molecule has 1 heterocycles. The molecular weight excluding hydrogens is 541 g/mol. The quantitative estimate of drug-likeness (QED) is 0.313. The predicted molar refractivity (Wildman–Crippen MR) is 146 cm³/mol. The van der Waals surface area contributed by atoms with Crippen molar-refractivity contribution < 1.29 is 42.8 Å². The molecule has 41 heavy (non-hydrogen) atoms. The zero-order valence-corrected chi connectivity index (χ0v) is 23.1. The number of aliphatic imine (C=N–C) groups is 1. The highest BCUT2D eigenvalue weighted by molar-refractivity contribution is 6.01. The van der Waals surface area contributed by atoms with Gasteiger partial charge >= 0.3 is 6.18 Å². The molecule has 3 rings (SSSR count). The topological polar surface area (TPSA) is 144 Å². The lowest BCUT2D eigenvalue weighted by atomic mass is 9.97. The molecule has 12 heteroatoms. The van der Waals surface area contributed by atoms with E-state index in [2.05, 4.69) is 46.0 Å². The van der Waals surface area contributed by atoms with Crippen molar-refractivity contribution in [2.75, 3.05) is 13.1 Å². The number of hydrogen-bond donors (Lipinski definition) is 3. The van der Waals surface area contributed by atoms with Gasteiger partial charge in [0.2, 0.25) is 17.6 Å². The highest BCUT2D eigenvalue weighted by Crippen LogP contribution is 2.21. The Hall–Kier alpha value is -4.06. The number of Topliss-reactive ketones (excluding diaryl/α,β-unsaturated/α-hetero) is 1. The Labute approximate surface area is 236 Å². The summed E-state index contributed by atoms with van der Waals surface area (Å²) < 4.78 is 31.5. The summed E-state index contributed by atoms with van der Waals surface area (Å²) >= 11 is 0. The standard InChI is InChI=1S/C27H34N4O3.C2HF3O2/c1-3-23(33)11-5-4-6-12-24(27(34)29-16-15-28-19(2)32)26-30-18-25(31-26)22-14-13-20-9-7-8-10-21(20)17-22;3-2(4,5)1(6)7/h7-10,13-14,17-18,24H,3-6,11-12,15-16H2,1-2H3,(H,28,32)(H,29,34)(H,30,31);(H,6,7). The molecule has 1 unspecified atom stereocenters. The summed E-state index contributed by atoms with van der Waals surface area (Å²) in [4.78, 5) is 49.0. The molecule has 0 fully saturated rings. The third kappa shape index (κ3) is 11.5. The Morgan fingerprint density at radius 1 is 0.976 bits per heavy atom. The number of nitrogens with zero attached hydrogens (tertiary/aromatic N) is 1. The molecule has 4 N–H and O–H groups in total. The molecule has 1 aliphatic heterocycles. The average molecular weight is 577 g/mol. The van der Waals surface area contributed by atoms with Crippen molar-refractivity contribution in [3.05, 3.63) is 54.2 Å². The Bertz CT molecular complexity index is 1290. The molecule has 1 atom stereocenters. The number of alkyl halides is 3. The van der Waals surface area contributed by atoms with Crippen LogP contribution in [0, 0.1) is 5.92 Å². The first-order valence-electron chi connectivity index (χ1n) is 13.4. The minimum atomic E-state index is -5.19. The lowest BCUT2D eigenvalue weighted by molar-refractivity contribution is -0.435. The summed E-state index contributed by atoms with van der Waals surface area (Å²) in [5.41, 5.74) is 2.06. The second kappa shape index (κ2) is 16.3. The van der Waals surface area contributed by atoms with Crippen LogP contribution >= 0.6 is 0 Å². The lowest BCUT2D eigenvalue weighted by Gasteiger charge is -2.15. The van der Waals surface area contributed by atoms with E-state index in [-0.39, 0.29) is 23.5 Å². The van der Waals surface area contributed by atoms with E-state index in [0.29, 0.717) is 32.4 Å². The maximum atomic E-state index is 13.0. The molecule has 0 radical (unpaired) electrons. The largest absolute Gasteiger partial charge is 0.542 e. The second-order valence-electron chi connectivity index (χ2n) is 9.45. The average Bonchev–Trinajstić information content (AvgIpc) is 3.42. The van der Waals surface area contributed by atoms with Gasteiger partial charge in [-0.05, 0) is 35.7 Å². The number of aliphatic carboxylic acids is 1. The molecule has 0 spiro atoms. The number of hydrogen-bond acceptors (Lipinski definition) is 6. The Kier molecular flexibility index (Phi) is 13.1. The van der Waals surface area contributed by atoms with Gasteiger partial charge in [0.1, 0.15) is 17.7 Å². The summed E-state index contributed by atoms with van der Waals surface area (Å²) in [5, 5.41) is 18.8. The molecule has 0 saturated carbocycles. The smallest absolute Gasteiger partial charge is 0.430 e. The Morgan fingerprint density at radius 3 is 2.27 bits per heavy atom. The van der Waals surface area contributed by atoms with E-state index in [9.17, 15) is 27.6 Å². The van der Waals surface area contributed by atoms with E-state index in [4.69, 9.17) is 9.90 Å². The van der Waals surface area contributed by atoms with Gasteiger partial charge in [-0.25, -0.2) is 4.99 Å². The van der Waals surface area contributed by atoms with Crippen LogP contribution in [-0.4, -0.2) is 48.7 Å². The van der Waals surface area contributed by atoms with Crippen LogP contribution in [0.15, 0.2) is 53.7 Å². The molecule has 222 valence electrons. The van der Waals surface area contributed by atoms with Crippen molar-refractivity contribution in [1.82, 2.24) is 10.6 Å². The minimum Gasteiger partial charge on any atom is -0.542 e. The number of ketones is 1. The van der Waals surface area contributed by atoms with Gasteiger partial charge < -0.3 is 20.5 Å². The van der Waals surface area contributed by atoms with E-state index < -0.39 is 12.1 Å². The molecule has 2 amide bonds. The van der Waals surface area contributed by atoms with Crippen molar-refractivity contribution in [2.24, 2.45) is 10.9 Å². The number of carbonyl (C=O) groups is 4. The van der Waals surface area contributed by atoms with Crippen molar-refractivity contribution in [1.29, 1.82) is 0 Å². The maximum absolute atomic E-state index is 13.0. The molecule has 0 bridgehead atoms. The number of halogens is 3. The first-order chi connectivity index (χ1) is 19.4. The van der Waals surface area contributed by atoms with Gasteiger partial charge in [-0.1, -0.05) is 50.1 Å². The van der Waals surface area contributed by atoms with Crippen LogP contribution in [0.3, 0.4) is 0 Å². The number of amides is 2. The van der Waals surface area contributed by atoms with Gasteiger partial charge in [0.05, 0.1) is 6.20 Å². The molecule has 9 nitrogen and oxygen atoms in total. The van der Waals surface area contributed by atoms with Crippen LogP contribution < -0.4 is 21.1 Å². The summed E-state index contributed by atoms with van der Waals surface area (Å²) in [5.74, 6) is -2.54. The summed E-state index contributed by atoms with van der Waals surface area (Å²) in [6.07, 6.45) is 1.08. The third-order valence-electron chi connectivity index (χ3n) is 6.28. The SMILES string of the molecule is CCC(=O)CCCCCC(C(=O)NCCNC(C)=O)C1=NC=C(c2ccc3ccccc3c2)[NH2+]1.O=C([O-])C(F)(F)F. The predicted octanol–water partition coefficient (Wildman–Crippen LogP) is 2.21. The van der Waals surface area contributed by atoms with Gasteiger partial charge in [0.15, 0.2) is 5.70 Å². The number of nitrogens with two attached hydrogens (primary N) is 1. The van der Waals surface area contributed by atoms with Gasteiger partial charge in [-0.15, -0.1) is 0 Å². The number of unbranched alkanes of at least 4 members (excludes halogenated alkanes) is 2. The van der Waals surface area contributed by atoms with Crippen LogP contribution in [0.4, 0.5) is 13.2 Å². The number of rotatable bonds is 13. The molecule has 0 aromatic heterocycles. The monoisotopic (exact) mass is 576 g/mol. The molecule has 2 aromatic rings. The number of quaternary nitrogens is 1. The van der Waals surface area contributed by atoms with Crippen LogP contribution in [0.1, 0.15) is 57.9 Å². The van der Waals surface area contributed by atoms with E-state index >= 15 is 0 Å². The van der Waals surface area contributed by atoms with Gasteiger partial charge in [-0.2, -0.15) is 13.2 Å². The fourth-order valence-corrected chi connectivity index (χ4v) is 4.08. The fourth-order valence-electron chi connectivity index (χ4n) is 4.08. The Balaban J connectivity index is 0.000000745. The highest BCUT2D eigenvalue weighted by atomic mass is 19.4. The van der Waals surface area contributed by atoms with E-state index in [1.807, 2.05) is 30.6 Å². The molecule has 0 saturated heterocycles. The maximum Gasteiger partial charge on any atom is 0.430 e. The van der Waals surface area contributed by atoms with E-state index in [1.54, 1.807) is 0 Å². The molecule has 2 aromatic carbocycles. The third-order valence-corrected chi connectivity index (χ3v) is 6.28. The molecule has 0 aliphatic carbocycles. The lowest BCUT2D eigenvalue weighted by Crippen LogP contribution is -2.85. The minimum absolute atomic E-state index is 0.0850. The summed E-state index contributed by atoms with van der Waals surface area (Å²) in [6, 6.07) is 14.5. The first kappa shape index (κ1) is 33.1. The first-order valence-corrected chi connectivity index (χ1v) is 13.4. The van der Waals surface area contributed by atoms with Crippen LogP contribution in [0.25, 0.3) is 16.5 Å². The Morgan fingerprint density at radius 2 is 1.63 bits per heavy atom. The number of nitrogens with one attached hydrogen (secondary N) is 2.